The summed E-state index contributed by atoms with van der Waals surface area (Å²) in [4.78, 5) is 9.60. The van der Waals surface area contributed by atoms with Crippen LogP contribution in [-0.2, 0) is 9.53 Å². The summed E-state index contributed by atoms with van der Waals surface area (Å²) in [6, 6.07) is 0. The fourth-order valence-corrected chi connectivity index (χ4v) is 0.468. The Morgan fingerprint density at radius 2 is 2.57 bits per heavy atom. The van der Waals surface area contributed by atoms with E-state index >= 15 is 0 Å². The monoisotopic (exact) mass is 212 g/mol. The largest absolute Gasteiger partial charge is 0.479 e. The van der Waals surface area contributed by atoms with Gasteiger partial charge < -0.3 is 4.74 Å². The molecule has 0 aromatic carbocycles. The lowest BCUT2D eigenvalue weighted by Crippen LogP contribution is -1.81. The Morgan fingerprint density at radius 3 is 2.71 bits per heavy atom. The van der Waals surface area contributed by atoms with Crippen molar-refractivity contribution in [3.63, 3.8) is 0 Å². The minimum Gasteiger partial charge on any atom is -0.479 e. The van der Waals surface area contributed by atoms with Gasteiger partial charge in [-0.25, -0.2) is 4.79 Å². The summed E-state index contributed by atoms with van der Waals surface area (Å²) in [7, 11) is 0. The summed E-state index contributed by atoms with van der Waals surface area (Å²) in [5.41, 5.74) is 0. The van der Waals surface area contributed by atoms with Gasteiger partial charge in [-0.2, -0.15) is 0 Å². The molecule has 0 unspecified atom stereocenters. The molecule has 7 heavy (non-hydrogen) atoms. The Morgan fingerprint density at radius 1 is 2.00 bits per heavy atom. The average Bonchev–Trinajstić information content (AvgIpc) is 1.68. The third-order valence-electron chi connectivity index (χ3n) is 0.351. The van der Waals surface area contributed by atoms with E-state index in [1.807, 2.05) is 6.92 Å². The number of halogens is 1. The minimum absolute atomic E-state index is 0.292. The van der Waals surface area contributed by atoms with E-state index in [1.54, 1.807) is 28.5 Å². The van der Waals surface area contributed by atoms with Crippen molar-refractivity contribution in [2.75, 3.05) is 6.61 Å². The van der Waals surface area contributed by atoms with E-state index < -0.39 is 0 Å². The highest BCUT2D eigenvalue weighted by atomic mass is 127. The molecule has 0 saturated carbocycles. The van der Waals surface area contributed by atoms with Crippen LogP contribution in [0.5, 0.6) is 0 Å². The third kappa shape index (κ3) is 3.82. The second kappa shape index (κ2) is 4.15. The van der Waals surface area contributed by atoms with Crippen molar-refractivity contribution in [2.24, 2.45) is 0 Å². The predicted octanol–water partition coefficient (Wildman–Crippen LogP) is 1.13. The van der Waals surface area contributed by atoms with E-state index in [9.17, 15) is 4.79 Å². The Balaban J connectivity index is 3.37. The molecule has 0 aliphatic rings. The molecule has 0 radical (unpaired) electrons. The fourth-order valence-electron chi connectivity index (χ4n) is 0.156. The average molecular weight is 212 g/mol. The normalized spacial score (nSPS) is 7.14. The molecule has 0 aliphatic heterocycles. The molecule has 40 valence electrons. The van der Waals surface area contributed by atoms with Crippen molar-refractivity contribution in [1.29, 1.82) is 0 Å². The fraction of sp³-hybridized carbons (Fsp3) is 0.500. The summed E-state index contributed by atoms with van der Waals surface area (Å²) in [5, 5.41) is 0. The molecule has 0 aromatic heterocycles. The summed E-state index contributed by atoms with van der Waals surface area (Å²) in [6.07, 6.45) is 0. The van der Waals surface area contributed by atoms with Crippen LogP contribution in [0.15, 0.2) is 3.77 Å². The lowest BCUT2D eigenvalue weighted by Gasteiger charge is -1.91. The number of ether oxygens (including phenoxy) is 1. The van der Waals surface area contributed by atoms with Crippen molar-refractivity contribution in [2.45, 2.75) is 6.92 Å². The summed E-state index contributed by atoms with van der Waals surface area (Å²) < 4.78 is 4.96. The van der Waals surface area contributed by atoms with E-state index in [2.05, 4.69) is 4.74 Å². The molecule has 0 saturated heterocycles. The molecule has 3 heteroatoms. The zero-order valence-electron chi connectivity index (χ0n) is 3.90. The third-order valence-corrected chi connectivity index (χ3v) is 0.883. The van der Waals surface area contributed by atoms with Crippen LogP contribution in [0.3, 0.4) is 0 Å². The predicted molar refractivity (Wildman–Crippen MR) is 34.9 cm³/mol. The van der Waals surface area contributed by atoms with Crippen molar-refractivity contribution >= 4 is 28.5 Å². The first kappa shape index (κ1) is 6.98. The van der Waals surface area contributed by atoms with Gasteiger partial charge in [0.25, 0.3) is 0 Å². The van der Waals surface area contributed by atoms with Crippen molar-refractivity contribution in [3.05, 3.63) is 3.77 Å². The lowest BCUT2D eigenvalue weighted by molar-refractivity contribution is 0.266. The number of rotatable bonds is 2. The van der Waals surface area contributed by atoms with Crippen LogP contribution in [0.25, 0.3) is 0 Å². The SMILES string of the molecule is CCOC(I)=C=O. The van der Waals surface area contributed by atoms with Gasteiger partial charge in [-0.1, -0.05) is 0 Å². The first-order chi connectivity index (χ1) is 3.31. The number of hydrogen-bond donors (Lipinski definition) is 0. The standard InChI is InChI=1S/C4H5IO2/c1-2-7-4(5)3-6/h2H2,1H3. The van der Waals surface area contributed by atoms with Crippen molar-refractivity contribution in [1.82, 2.24) is 0 Å². The smallest absolute Gasteiger partial charge is 0.241 e. The van der Waals surface area contributed by atoms with Gasteiger partial charge in [-0.3, -0.25) is 0 Å². The number of carbonyl (C=O) groups excluding carboxylic acids is 1. The zero-order valence-corrected chi connectivity index (χ0v) is 6.06. The second-order valence-corrected chi connectivity index (χ2v) is 1.79. The zero-order chi connectivity index (χ0) is 5.70. The van der Waals surface area contributed by atoms with Gasteiger partial charge in [0.2, 0.25) is 3.77 Å². The van der Waals surface area contributed by atoms with Crippen LogP contribution in [-0.4, -0.2) is 12.5 Å². The Bertz CT molecular complexity index is 93.9. The maximum absolute atomic E-state index is 9.60. The van der Waals surface area contributed by atoms with Gasteiger partial charge in [-0.15, -0.1) is 0 Å². The van der Waals surface area contributed by atoms with Crippen LogP contribution in [0.4, 0.5) is 0 Å². The Hall–Kier alpha value is -0.0200. The van der Waals surface area contributed by atoms with E-state index in [-0.39, 0.29) is 0 Å². The first-order valence-electron chi connectivity index (χ1n) is 1.84. The second-order valence-electron chi connectivity index (χ2n) is 0.809. The molecule has 0 bridgehead atoms. The molecular weight excluding hydrogens is 207 g/mol. The molecule has 0 atom stereocenters. The van der Waals surface area contributed by atoms with Crippen molar-refractivity contribution < 1.29 is 9.53 Å². The van der Waals surface area contributed by atoms with Gasteiger partial charge in [-0.05, 0) is 6.92 Å². The van der Waals surface area contributed by atoms with E-state index in [0.29, 0.717) is 10.4 Å². The quantitative estimate of drug-likeness (QED) is 0.389. The van der Waals surface area contributed by atoms with E-state index in [0.717, 1.165) is 0 Å². The molecule has 0 fully saturated rings. The Labute approximate surface area is 55.7 Å². The van der Waals surface area contributed by atoms with Gasteiger partial charge in [0, 0.05) is 22.6 Å². The molecule has 0 amide bonds. The van der Waals surface area contributed by atoms with E-state index in [1.165, 1.54) is 0 Å². The van der Waals surface area contributed by atoms with Crippen LogP contribution in [0.1, 0.15) is 6.92 Å². The molecule has 2 nitrogen and oxygen atoms in total. The summed E-state index contributed by atoms with van der Waals surface area (Å²) in [6.45, 7) is 2.35. The van der Waals surface area contributed by atoms with Gasteiger partial charge in [0.15, 0.2) is 5.94 Å². The van der Waals surface area contributed by atoms with Gasteiger partial charge in [0.05, 0.1) is 6.61 Å². The van der Waals surface area contributed by atoms with Gasteiger partial charge >= 0.3 is 0 Å². The summed E-state index contributed by atoms with van der Waals surface area (Å²) in [5.74, 6) is 1.60. The van der Waals surface area contributed by atoms with Crippen LogP contribution < -0.4 is 0 Å². The maximum Gasteiger partial charge on any atom is 0.241 e. The lowest BCUT2D eigenvalue weighted by atomic mass is 10.9. The van der Waals surface area contributed by atoms with Crippen LogP contribution in [0, 0.1) is 0 Å². The van der Waals surface area contributed by atoms with Gasteiger partial charge in [0.1, 0.15) is 0 Å². The molecular formula is C4H5IO2. The minimum atomic E-state index is 0.292. The maximum atomic E-state index is 9.60. The molecule has 0 aromatic rings. The first-order valence-corrected chi connectivity index (χ1v) is 2.92. The van der Waals surface area contributed by atoms with Crippen molar-refractivity contribution in [3.8, 4) is 0 Å². The highest BCUT2D eigenvalue weighted by Gasteiger charge is 1.83. The molecule has 0 heterocycles. The van der Waals surface area contributed by atoms with Crippen LogP contribution >= 0.6 is 22.6 Å². The molecule has 0 aliphatic carbocycles. The number of hydrogen-bond acceptors (Lipinski definition) is 2. The topological polar surface area (TPSA) is 26.3 Å². The highest BCUT2D eigenvalue weighted by Crippen LogP contribution is 1.99. The molecule has 0 rings (SSSR count). The molecule has 0 N–H and O–H groups in total. The van der Waals surface area contributed by atoms with E-state index in [4.69, 9.17) is 0 Å². The highest BCUT2D eigenvalue weighted by molar-refractivity contribution is 14.1. The van der Waals surface area contributed by atoms with Crippen LogP contribution in [0.2, 0.25) is 0 Å². The summed E-state index contributed by atoms with van der Waals surface area (Å²) >= 11 is 1.78. The molecule has 0 spiro atoms. The Kier molecular flexibility index (Phi) is 4.14.